The molecule has 0 bridgehead atoms. The molecule has 1 nitrogen and oxygen atoms in total. The van der Waals surface area contributed by atoms with Crippen molar-refractivity contribution in [2.75, 3.05) is 6.54 Å². The molecule has 0 saturated heterocycles. The molecule has 20 heavy (non-hydrogen) atoms. The van der Waals surface area contributed by atoms with Crippen LogP contribution in [-0.2, 0) is 0 Å². The van der Waals surface area contributed by atoms with Gasteiger partial charge in [0.15, 0.2) is 0 Å². The standard InChI is InChI=1S/C18H25NS/c1-14(19-12-11-15-7-3-2-4-8-15)18-13-16-9-5-6-10-17(16)20-18/h5-6,9-10,13-15,19H,2-4,7-8,11-12H2,1H3. The lowest BCUT2D eigenvalue weighted by Gasteiger charge is -2.22. The maximum Gasteiger partial charge on any atom is 0.0386 e. The molecule has 1 unspecified atom stereocenters. The zero-order valence-electron chi connectivity index (χ0n) is 12.4. The molecule has 0 spiro atoms. The van der Waals surface area contributed by atoms with Crippen molar-refractivity contribution in [2.24, 2.45) is 5.92 Å². The fraction of sp³-hybridized carbons (Fsp3) is 0.556. The van der Waals surface area contributed by atoms with Gasteiger partial charge in [-0.05, 0) is 43.3 Å². The van der Waals surface area contributed by atoms with Crippen molar-refractivity contribution in [3.8, 4) is 0 Å². The van der Waals surface area contributed by atoms with E-state index < -0.39 is 0 Å². The van der Waals surface area contributed by atoms with E-state index in [0.29, 0.717) is 6.04 Å². The van der Waals surface area contributed by atoms with Gasteiger partial charge in [0.25, 0.3) is 0 Å². The molecule has 0 aliphatic heterocycles. The van der Waals surface area contributed by atoms with Gasteiger partial charge in [-0.15, -0.1) is 11.3 Å². The van der Waals surface area contributed by atoms with Crippen LogP contribution in [0.2, 0.25) is 0 Å². The first-order valence-corrected chi connectivity index (χ1v) is 8.86. The summed E-state index contributed by atoms with van der Waals surface area (Å²) in [5.74, 6) is 0.978. The highest BCUT2D eigenvalue weighted by atomic mass is 32.1. The quantitative estimate of drug-likeness (QED) is 0.763. The molecule has 0 amide bonds. The van der Waals surface area contributed by atoms with Crippen molar-refractivity contribution in [2.45, 2.75) is 51.5 Å². The average molecular weight is 287 g/mol. The summed E-state index contributed by atoms with van der Waals surface area (Å²) < 4.78 is 1.41. The third-order valence-electron chi connectivity index (χ3n) is 4.60. The summed E-state index contributed by atoms with van der Waals surface area (Å²) in [6.07, 6.45) is 8.64. The minimum absolute atomic E-state index is 0.482. The Bertz CT molecular complexity index is 506. The number of benzene rings is 1. The first kappa shape index (κ1) is 14.1. The summed E-state index contributed by atoms with van der Waals surface area (Å²) in [4.78, 5) is 1.47. The van der Waals surface area contributed by atoms with E-state index in [9.17, 15) is 0 Å². The molecular formula is C18H25NS. The molecule has 1 atom stereocenters. The second kappa shape index (κ2) is 6.73. The molecule has 1 N–H and O–H groups in total. The Kier molecular flexibility index (Phi) is 4.74. The first-order valence-electron chi connectivity index (χ1n) is 8.05. The van der Waals surface area contributed by atoms with Crippen LogP contribution in [0.5, 0.6) is 0 Å². The maximum atomic E-state index is 3.72. The van der Waals surface area contributed by atoms with E-state index in [2.05, 4.69) is 42.6 Å². The highest BCUT2D eigenvalue weighted by Gasteiger charge is 2.14. The van der Waals surface area contributed by atoms with Crippen LogP contribution in [0.25, 0.3) is 10.1 Å². The molecule has 0 radical (unpaired) electrons. The number of thiophene rings is 1. The van der Waals surface area contributed by atoms with E-state index >= 15 is 0 Å². The summed E-state index contributed by atoms with van der Waals surface area (Å²) >= 11 is 1.93. The summed E-state index contributed by atoms with van der Waals surface area (Å²) in [5, 5.41) is 5.10. The van der Waals surface area contributed by atoms with Crippen molar-refractivity contribution >= 4 is 21.4 Å². The molecule has 2 aromatic rings. The summed E-state index contributed by atoms with van der Waals surface area (Å²) in [6, 6.07) is 11.5. The number of fused-ring (bicyclic) bond motifs is 1. The minimum atomic E-state index is 0.482. The van der Waals surface area contributed by atoms with Crippen molar-refractivity contribution < 1.29 is 0 Å². The summed E-state index contributed by atoms with van der Waals surface area (Å²) in [7, 11) is 0. The maximum absolute atomic E-state index is 3.72. The second-order valence-electron chi connectivity index (χ2n) is 6.16. The van der Waals surface area contributed by atoms with Crippen molar-refractivity contribution in [3.05, 3.63) is 35.2 Å². The Balaban J connectivity index is 1.52. The molecule has 108 valence electrons. The minimum Gasteiger partial charge on any atom is -0.309 e. The molecule has 1 aliphatic carbocycles. The predicted octanol–water partition coefficient (Wildman–Crippen LogP) is 5.52. The van der Waals surface area contributed by atoms with Gasteiger partial charge in [0.05, 0.1) is 0 Å². The summed E-state index contributed by atoms with van der Waals surface area (Å²) in [5.41, 5.74) is 0. The molecule has 2 heteroatoms. The molecule has 1 fully saturated rings. The first-order chi connectivity index (χ1) is 9.83. The Morgan fingerprint density at radius 2 is 2.00 bits per heavy atom. The van der Waals surface area contributed by atoms with Crippen molar-refractivity contribution in [3.63, 3.8) is 0 Å². The topological polar surface area (TPSA) is 12.0 Å². The lowest BCUT2D eigenvalue weighted by molar-refractivity contribution is 0.330. The lowest BCUT2D eigenvalue weighted by Crippen LogP contribution is -2.22. The van der Waals surface area contributed by atoms with Gasteiger partial charge in [-0.25, -0.2) is 0 Å². The van der Waals surface area contributed by atoms with Gasteiger partial charge in [-0.3, -0.25) is 0 Å². The molecule has 1 aromatic heterocycles. The van der Waals surface area contributed by atoms with Gasteiger partial charge >= 0.3 is 0 Å². The number of nitrogens with one attached hydrogen (secondary N) is 1. The molecular weight excluding hydrogens is 262 g/mol. The molecule has 1 saturated carbocycles. The molecule has 3 rings (SSSR count). The van der Waals surface area contributed by atoms with E-state index in [4.69, 9.17) is 0 Å². The van der Waals surface area contributed by atoms with Crippen LogP contribution in [0.1, 0.15) is 56.4 Å². The monoisotopic (exact) mass is 287 g/mol. The van der Waals surface area contributed by atoms with Gasteiger partial charge in [0, 0.05) is 15.6 Å². The number of hydrogen-bond donors (Lipinski definition) is 1. The Morgan fingerprint density at radius 1 is 1.20 bits per heavy atom. The Morgan fingerprint density at radius 3 is 2.80 bits per heavy atom. The van der Waals surface area contributed by atoms with Crippen LogP contribution < -0.4 is 5.32 Å². The van der Waals surface area contributed by atoms with E-state index in [1.807, 2.05) is 11.3 Å². The van der Waals surface area contributed by atoms with Crippen molar-refractivity contribution in [1.29, 1.82) is 0 Å². The van der Waals surface area contributed by atoms with Crippen molar-refractivity contribution in [1.82, 2.24) is 5.32 Å². The number of hydrogen-bond acceptors (Lipinski definition) is 2. The van der Waals surface area contributed by atoms with E-state index in [1.165, 1.54) is 60.0 Å². The Hall–Kier alpha value is -0.860. The fourth-order valence-corrected chi connectivity index (χ4v) is 4.39. The van der Waals surface area contributed by atoms with Gasteiger partial charge in [0.2, 0.25) is 0 Å². The highest BCUT2D eigenvalue weighted by Crippen LogP contribution is 2.30. The van der Waals surface area contributed by atoms with E-state index in [0.717, 1.165) is 5.92 Å². The van der Waals surface area contributed by atoms with Crippen LogP contribution in [0.3, 0.4) is 0 Å². The molecule has 1 aromatic carbocycles. The zero-order chi connectivity index (χ0) is 13.8. The lowest BCUT2D eigenvalue weighted by atomic mass is 9.87. The number of rotatable bonds is 5. The van der Waals surface area contributed by atoms with Gasteiger partial charge in [-0.1, -0.05) is 50.3 Å². The van der Waals surface area contributed by atoms with Gasteiger partial charge in [0.1, 0.15) is 0 Å². The van der Waals surface area contributed by atoms with Crippen LogP contribution in [0.4, 0.5) is 0 Å². The smallest absolute Gasteiger partial charge is 0.0386 e. The summed E-state index contributed by atoms with van der Waals surface area (Å²) in [6.45, 7) is 3.46. The third kappa shape index (κ3) is 3.42. The molecule has 1 aliphatic rings. The van der Waals surface area contributed by atoms with Gasteiger partial charge in [-0.2, -0.15) is 0 Å². The SMILES string of the molecule is CC(NCCC1CCCCC1)c1cc2ccccc2s1. The van der Waals surface area contributed by atoms with Crippen LogP contribution >= 0.6 is 11.3 Å². The Labute approximate surface area is 126 Å². The largest absolute Gasteiger partial charge is 0.309 e. The third-order valence-corrected chi connectivity index (χ3v) is 5.90. The normalized spacial score (nSPS) is 18.4. The van der Waals surface area contributed by atoms with E-state index in [1.54, 1.807) is 0 Å². The van der Waals surface area contributed by atoms with Crippen LogP contribution in [0.15, 0.2) is 30.3 Å². The van der Waals surface area contributed by atoms with Crippen LogP contribution in [-0.4, -0.2) is 6.54 Å². The predicted molar refractivity (Wildman–Crippen MR) is 89.4 cm³/mol. The van der Waals surface area contributed by atoms with E-state index in [-0.39, 0.29) is 0 Å². The second-order valence-corrected chi connectivity index (χ2v) is 7.27. The fourth-order valence-electron chi connectivity index (χ4n) is 3.30. The van der Waals surface area contributed by atoms with Crippen LogP contribution in [0, 0.1) is 5.92 Å². The highest BCUT2D eigenvalue weighted by molar-refractivity contribution is 7.19. The average Bonchev–Trinajstić information content (AvgIpc) is 2.92. The molecule has 1 heterocycles. The van der Waals surface area contributed by atoms with Gasteiger partial charge < -0.3 is 5.32 Å². The zero-order valence-corrected chi connectivity index (χ0v) is 13.2.